The number of hydrogen-bond acceptors (Lipinski definition) is 4. The summed E-state index contributed by atoms with van der Waals surface area (Å²) in [5, 5.41) is 11.8. The van der Waals surface area contributed by atoms with Gasteiger partial charge in [-0.3, -0.25) is 9.59 Å². The van der Waals surface area contributed by atoms with Gasteiger partial charge in [-0.2, -0.15) is 0 Å². The molecule has 1 aromatic heterocycles. The molecular formula is C16H16FN3O4S. The predicted octanol–water partition coefficient (Wildman–Crippen LogP) is 1.22. The summed E-state index contributed by atoms with van der Waals surface area (Å²) in [5.74, 6) is -1.79. The molecule has 2 atom stereocenters. The molecule has 0 radical (unpaired) electrons. The van der Waals surface area contributed by atoms with E-state index in [9.17, 15) is 18.8 Å². The predicted molar refractivity (Wildman–Crippen MR) is 91.1 cm³/mol. The Hall–Kier alpha value is -2.55. The van der Waals surface area contributed by atoms with Crippen LogP contribution in [0.15, 0.2) is 30.5 Å². The van der Waals surface area contributed by atoms with Crippen LogP contribution in [0.2, 0.25) is 0 Å². The molecule has 1 aliphatic heterocycles. The van der Waals surface area contributed by atoms with Crippen LogP contribution >= 0.6 is 11.8 Å². The van der Waals surface area contributed by atoms with Gasteiger partial charge in [0.1, 0.15) is 12.7 Å². The Kier molecular flexibility index (Phi) is 4.93. The molecule has 2 aromatic rings. The topological polar surface area (TPSA) is 102 Å². The third-order valence-corrected chi connectivity index (χ3v) is 5.05. The van der Waals surface area contributed by atoms with Crippen molar-refractivity contribution in [2.45, 2.75) is 12.1 Å². The number of benzene rings is 1. The van der Waals surface area contributed by atoms with Crippen molar-refractivity contribution < 1.29 is 23.9 Å². The zero-order valence-corrected chi connectivity index (χ0v) is 13.9. The van der Waals surface area contributed by atoms with Crippen LogP contribution < -0.4 is 5.32 Å². The summed E-state index contributed by atoms with van der Waals surface area (Å²) in [6, 6.07) is 4.86. The van der Waals surface area contributed by atoms with E-state index in [0.29, 0.717) is 17.2 Å². The molecule has 7 nitrogen and oxygen atoms in total. The van der Waals surface area contributed by atoms with E-state index in [1.807, 2.05) is 18.2 Å². The third-order valence-electron chi connectivity index (χ3n) is 4.03. The molecule has 0 spiro atoms. The fourth-order valence-corrected chi connectivity index (χ4v) is 3.85. The first-order valence-electron chi connectivity index (χ1n) is 7.57. The Labute approximate surface area is 146 Å². The van der Waals surface area contributed by atoms with Crippen molar-refractivity contribution in [2.24, 2.45) is 0 Å². The van der Waals surface area contributed by atoms with E-state index in [1.54, 1.807) is 12.3 Å². The Bertz CT molecular complexity index is 825. The Morgan fingerprint density at radius 3 is 2.88 bits per heavy atom. The highest BCUT2D eigenvalue weighted by atomic mass is 32.2. The first-order chi connectivity index (χ1) is 12.0. The Balaban J connectivity index is 1.80. The van der Waals surface area contributed by atoms with Gasteiger partial charge in [-0.25, -0.2) is 9.18 Å². The molecule has 1 saturated heterocycles. The quantitative estimate of drug-likeness (QED) is 0.739. The molecule has 3 rings (SSSR count). The second-order valence-electron chi connectivity index (χ2n) is 5.59. The minimum atomic E-state index is -1.61. The third kappa shape index (κ3) is 3.32. The van der Waals surface area contributed by atoms with Gasteiger partial charge in [0.05, 0.1) is 11.4 Å². The van der Waals surface area contributed by atoms with Gasteiger partial charge in [0, 0.05) is 22.9 Å². The van der Waals surface area contributed by atoms with Crippen LogP contribution in [0.1, 0.15) is 10.4 Å². The molecular weight excluding hydrogens is 349 g/mol. The van der Waals surface area contributed by atoms with Crippen LogP contribution in [0.25, 0.3) is 10.9 Å². The highest BCUT2D eigenvalue weighted by molar-refractivity contribution is 7.99. The number of alkyl halides is 1. The molecule has 9 heteroatoms. The molecule has 0 aliphatic carbocycles. The fourth-order valence-electron chi connectivity index (χ4n) is 2.70. The van der Waals surface area contributed by atoms with E-state index in [-0.39, 0.29) is 5.91 Å². The van der Waals surface area contributed by atoms with Gasteiger partial charge in [-0.1, -0.05) is 18.2 Å². The molecule has 1 aliphatic rings. The lowest BCUT2D eigenvalue weighted by Gasteiger charge is -2.24. The van der Waals surface area contributed by atoms with E-state index < -0.39 is 30.6 Å². The van der Waals surface area contributed by atoms with Crippen LogP contribution in [0.4, 0.5) is 4.39 Å². The molecule has 132 valence electrons. The number of nitrogens with zero attached hydrogens (tertiary/aromatic N) is 1. The second-order valence-corrected chi connectivity index (χ2v) is 6.59. The summed E-state index contributed by atoms with van der Waals surface area (Å²) in [4.78, 5) is 40.4. The zero-order valence-electron chi connectivity index (χ0n) is 13.1. The van der Waals surface area contributed by atoms with E-state index in [1.165, 1.54) is 16.7 Å². The number of rotatable bonds is 5. The van der Waals surface area contributed by atoms with E-state index >= 15 is 0 Å². The Morgan fingerprint density at radius 1 is 1.40 bits per heavy atom. The maximum absolute atomic E-state index is 12.8. The molecule has 1 aromatic carbocycles. The molecule has 2 heterocycles. The molecule has 0 saturated carbocycles. The van der Waals surface area contributed by atoms with Crippen molar-refractivity contribution in [2.75, 3.05) is 18.3 Å². The largest absolute Gasteiger partial charge is 0.480 e. The van der Waals surface area contributed by atoms with Gasteiger partial charge in [-0.15, -0.1) is 11.8 Å². The molecule has 2 unspecified atom stereocenters. The average Bonchev–Trinajstić information content (AvgIpc) is 3.25. The van der Waals surface area contributed by atoms with Gasteiger partial charge in [0.2, 0.25) is 5.91 Å². The number of nitrogens with one attached hydrogen (secondary N) is 2. The molecule has 0 bridgehead atoms. The first kappa shape index (κ1) is 17.3. The first-order valence-corrected chi connectivity index (χ1v) is 8.72. The van der Waals surface area contributed by atoms with E-state index in [4.69, 9.17) is 5.11 Å². The maximum atomic E-state index is 12.8. The van der Waals surface area contributed by atoms with Crippen molar-refractivity contribution in [3.05, 3.63) is 36.0 Å². The number of fused-ring (bicyclic) bond motifs is 1. The summed E-state index contributed by atoms with van der Waals surface area (Å²) in [5.41, 5.74) is 1.25. The number of hydrogen-bond donors (Lipinski definition) is 3. The summed E-state index contributed by atoms with van der Waals surface area (Å²) in [6.45, 7) is -1.21. The van der Waals surface area contributed by atoms with Crippen LogP contribution in [-0.2, 0) is 9.59 Å². The minimum Gasteiger partial charge on any atom is -0.480 e. The smallest absolute Gasteiger partial charge is 0.328 e. The summed E-state index contributed by atoms with van der Waals surface area (Å²) >= 11 is 1.39. The molecule has 2 amide bonds. The van der Waals surface area contributed by atoms with Crippen molar-refractivity contribution in [1.82, 2.24) is 15.2 Å². The van der Waals surface area contributed by atoms with Crippen LogP contribution in [0, 0.1) is 0 Å². The average molecular weight is 365 g/mol. The zero-order chi connectivity index (χ0) is 18.0. The van der Waals surface area contributed by atoms with E-state index in [2.05, 4.69) is 10.3 Å². The number of carbonyl (C=O) groups is 3. The number of carboxylic acid groups (broad SMARTS) is 1. The summed E-state index contributed by atoms with van der Waals surface area (Å²) < 4.78 is 12.7. The maximum Gasteiger partial charge on any atom is 0.328 e. The van der Waals surface area contributed by atoms with Crippen molar-refractivity contribution >= 4 is 40.4 Å². The van der Waals surface area contributed by atoms with Crippen molar-refractivity contribution in [3.8, 4) is 0 Å². The van der Waals surface area contributed by atoms with Crippen LogP contribution in [0.3, 0.4) is 0 Å². The number of aromatic nitrogens is 1. The number of carboxylic acids is 1. The number of carbonyl (C=O) groups excluding carboxylic acids is 2. The fraction of sp³-hybridized carbons (Fsp3) is 0.312. The molecule has 1 fully saturated rings. The van der Waals surface area contributed by atoms with E-state index in [0.717, 1.165) is 10.9 Å². The number of aliphatic carboxylic acids is 1. The summed E-state index contributed by atoms with van der Waals surface area (Å²) in [6.07, 6.45) is 1.59. The highest BCUT2D eigenvalue weighted by Crippen LogP contribution is 2.26. The van der Waals surface area contributed by atoms with Crippen molar-refractivity contribution in [1.29, 1.82) is 0 Å². The van der Waals surface area contributed by atoms with Crippen LogP contribution in [0.5, 0.6) is 0 Å². The number of aromatic amines is 1. The normalized spacial score (nSPS) is 18.3. The van der Waals surface area contributed by atoms with Crippen LogP contribution in [-0.4, -0.2) is 63.2 Å². The minimum absolute atomic E-state index is 0.309. The number of halogens is 1. The van der Waals surface area contributed by atoms with Gasteiger partial charge < -0.3 is 20.3 Å². The van der Waals surface area contributed by atoms with Gasteiger partial charge in [0.15, 0.2) is 6.04 Å². The lowest BCUT2D eigenvalue weighted by molar-refractivity contribution is -0.142. The lowest BCUT2D eigenvalue weighted by Crippen LogP contribution is -2.52. The molecule has 25 heavy (non-hydrogen) atoms. The van der Waals surface area contributed by atoms with Gasteiger partial charge >= 0.3 is 5.97 Å². The second kappa shape index (κ2) is 7.14. The SMILES string of the molecule is O=C(O)C(CF)NC(=O)C1CSCN1C(=O)c1c[nH]c2ccccc12. The lowest BCUT2D eigenvalue weighted by atomic mass is 10.1. The summed E-state index contributed by atoms with van der Waals surface area (Å²) in [7, 11) is 0. The number of thioether (sulfide) groups is 1. The van der Waals surface area contributed by atoms with Gasteiger partial charge in [-0.05, 0) is 6.07 Å². The number of para-hydroxylation sites is 1. The number of H-pyrrole nitrogens is 1. The van der Waals surface area contributed by atoms with Crippen molar-refractivity contribution in [3.63, 3.8) is 0 Å². The van der Waals surface area contributed by atoms with Gasteiger partial charge in [0.25, 0.3) is 5.91 Å². The Morgan fingerprint density at radius 2 is 2.16 bits per heavy atom. The highest BCUT2D eigenvalue weighted by Gasteiger charge is 2.37. The monoisotopic (exact) mass is 365 g/mol. The number of amides is 2. The molecule has 3 N–H and O–H groups in total. The standard InChI is InChI=1S/C16H16FN3O4S/c17-5-12(16(23)24)19-14(21)13-7-25-8-20(13)15(22)10-6-18-11-4-2-1-3-9(10)11/h1-4,6,12-13,18H,5,7-8H2,(H,19,21)(H,23,24).